The molecule has 0 aliphatic heterocycles. The first-order valence-electron chi connectivity index (χ1n) is 8.30. The summed E-state index contributed by atoms with van der Waals surface area (Å²) >= 11 is 0. The van der Waals surface area contributed by atoms with Crippen LogP contribution in [0.3, 0.4) is 0 Å². The minimum Gasteiger partial charge on any atom is -0.369 e. The van der Waals surface area contributed by atoms with Crippen LogP contribution in [-0.2, 0) is 11.3 Å². The number of hydrogen-bond acceptors (Lipinski definition) is 3. The van der Waals surface area contributed by atoms with Gasteiger partial charge in [-0.05, 0) is 38.5 Å². The van der Waals surface area contributed by atoms with E-state index in [0.717, 1.165) is 5.56 Å². The van der Waals surface area contributed by atoms with Crippen molar-refractivity contribution in [2.45, 2.75) is 27.3 Å². The Morgan fingerprint density at radius 3 is 2.19 bits per heavy atom. The van der Waals surface area contributed by atoms with Gasteiger partial charge in [0.25, 0.3) is 5.91 Å². The molecule has 26 heavy (non-hydrogen) atoms. The minimum atomic E-state index is -0.662. The maximum Gasteiger partial charge on any atom is 0.253 e. The van der Waals surface area contributed by atoms with Crippen molar-refractivity contribution in [3.8, 4) is 0 Å². The van der Waals surface area contributed by atoms with Gasteiger partial charge in [-0.1, -0.05) is 12.1 Å². The number of primary amides is 1. The van der Waals surface area contributed by atoms with Gasteiger partial charge in [0.05, 0.1) is 12.0 Å². The molecule has 1 rings (SSSR count). The highest BCUT2D eigenvalue weighted by molar-refractivity contribution is 14.0. The number of nitrogens with two attached hydrogens (primary N) is 1. The minimum absolute atomic E-state index is 0. The Morgan fingerprint density at radius 2 is 1.73 bits per heavy atom. The summed E-state index contributed by atoms with van der Waals surface area (Å²) in [5.74, 6) is 0.223. The number of carbonyl (C=O) groups is 2. The number of guanidine groups is 1. The highest BCUT2D eigenvalue weighted by Gasteiger charge is 2.24. The molecule has 0 atom stereocenters. The summed E-state index contributed by atoms with van der Waals surface area (Å²) in [7, 11) is 3.45. The summed E-state index contributed by atoms with van der Waals surface area (Å²) in [5.41, 5.74) is 6.35. The van der Waals surface area contributed by atoms with Gasteiger partial charge in [0.1, 0.15) is 0 Å². The maximum absolute atomic E-state index is 11.9. The zero-order valence-corrected chi connectivity index (χ0v) is 18.5. The lowest BCUT2D eigenvalue weighted by atomic mass is 9.93. The lowest BCUT2D eigenvalue weighted by molar-refractivity contribution is -0.125. The van der Waals surface area contributed by atoms with Crippen LogP contribution in [0, 0.1) is 5.41 Å². The molecular formula is C18H30IN5O2. The maximum atomic E-state index is 11.9. The number of halogens is 1. The Morgan fingerprint density at radius 1 is 1.15 bits per heavy atom. The summed E-state index contributed by atoms with van der Waals surface area (Å²) in [5, 5.41) is 6.27. The highest BCUT2D eigenvalue weighted by Crippen LogP contribution is 2.12. The quantitative estimate of drug-likeness (QED) is 0.317. The van der Waals surface area contributed by atoms with E-state index in [1.54, 1.807) is 45.0 Å². The number of nitrogens with one attached hydrogen (secondary N) is 2. The summed E-state index contributed by atoms with van der Waals surface area (Å²) in [6.45, 7) is 7.10. The van der Waals surface area contributed by atoms with Crippen LogP contribution in [0.1, 0.15) is 36.7 Å². The van der Waals surface area contributed by atoms with Crippen molar-refractivity contribution in [1.82, 2.24) is 15.5 Å². The predicted molar refractivity (Wildman–Crippen MR) is 116 cm³/mol. The molecule has 7 nitrogen and oxygen atoms in total. The third-order valence-corrected chi connectivity index (χ3v) is 3.74. The van der Waals surface area contributed by atoms with E-state index >= 15 is 0 Å². The number of carbonyl (C=O) groups excluding carboxylic acids is 2. The zero-order valence-electron chi connectivity index (χ0n) is 16.1. The summed E-state index contributed by atoms with van der Waals surface area (Å²) in [4.78, 5) is 29.3. The summed E-state index contributed by atoms with van der Waals surface area (Å²) in [6.07, 6.45) is 0. The Balaban J connectivity index is 0.00000625. The fraction of sp³-hybridized carbons (Fsp3) is 0.500. The van der Waals surface area contributed by atoms with Crippen LogP contribution in [0.25, 0.3) is 0 Å². The van der Waals surface area contributed by atoms with E-state index in [2.05, 4.69) is 15.6 Å². The standard InChI is InChI=1S/C18H29N5O2.HI/c1-6-20-17(22-12-18(2,3)16(19)25)21-11-13-7-9-14(10-8-13)15(24)23(4)5;/h7-10H,6,11-12H2,1-5H3,(H2,19,25)(H2,20,21,22);1H. The molecule has 0 saturated heterocycles. The monoisotopic (exact) mass is 475 g/mol. The first kappa shape index (κ1) is 24.2. The topological polar surface area (TPSA) is 99.8 Å². The van der Waals surface area contributed by atoms with Crippen molar-refractivity contribution in [3.63, 3.8) is 0 Å². The van der Waals surface area contributed by atoms with Crippen LogP contribution in [0.2, 0.25) is 0 Å². The van der Waals surface area contributed by atoms with E-state index in [1.807, 2.05) is 19.1 Å². The molecule has 0 spiro atoms. The molecule has 0 unspecified atom stereocenters. The van der Waals surface area contributed by atoms with E-state index in [0.29, 0.717) is 31.2 Å². The third kappa shape index (κ3) is 7.59. The average molecular weight is 475 g/mol. The zero-order chi connectivity index (χ0) is 19.0. The van der Waals surface area contributed by atoms with Crippen LogP contribution in [-0.4, -0.2) is 49.9 Å². The Bertz CT molecular complexity index is 627. The molecule has 0 aliphatic carbocycles. The molecule has 1 aromatic carbocycles. The Hall–Kier alpha value is -1.84. The van der Waals surface area contributed by atoms with E-state index in [4.69, 9.17) is 5.73 Å². The largest absolute Gasteiger partial charge is 0.369 e. The van der Waals surface area contributed by atoms with Gasteiger partial charge in [-0.2, -0.15) is 0 Å². The number of aliphatic imine (C=N–C) groups is 1. The number of rotatable bonds is 7. The predicted octanol–water partition coefficient (Wildman–Crippen LogP) is 1.57. The van der Waals surface area contributed by atoms with Gasteiger partial charge >= 0.3 is 0 Å². The molecule has 4 N–H and O–H groups in total. The van der Waals surface area contributed by atoms with E-state index < -0.39 is 5.41 Å². The van der Waals surface area contributed by atoms with Crippen molar-refractivity contribution < 1.29 is 9.59 Å². The fourth-order valence-corrected chi connectivity index (χ4v) is 1.91. The van der Waals surface area contributed by atoms with E-state index in [9.17, 15) is 9.59 Å². The van der Waals surface area contributed by atoms with Gasteiger partial charge in [0.2, 0.25) is 5.91 Å². The smallest absolute Gasteiger partial charge is 0.253 e. The van der Waals surface area contributed by atoms with E-state index in [-0.39, 0.29) is 35.8 Å². The van der Waals surface area contributed by atoms with Gasteiger partial charge < -0.3 is 21.3 Å². The molecule has 0 radical (unpaired) electrons. The lowest BCUT2D eigenvalue weighted by Crippen LogP contribution is -2.46. The van der Waals surface area contributed by atoms with Gasteiger partial charge in [-0.3, -0.25) is 9.59 Å². The van der Waals surface area contributed by atoms with Crippen LogP contribution >= 0.6 is 24.0 Å². The highest BCUT2D eigenvalue weighted by atomic mass is 127. The molecule has 0 saturated carbocycles. The molecule has 0 heterocycles. The van der Waals surface area contributed by atoms with Gasteiger partial charge in [-0.25, -0.2) is 4.99 Å². The number of hydrogen-bond donors (Lipinski definition) is 3. The lowest BCUT2D eigenvalue weighted by Gasteiger charge is -2.22. The normalized spacial score (nSPS) is 11.3. The molecule has 0 aliphatic rings. The molecule has 0 fully saturated rings. The molecule has 1 aromatic rings. The number of nitrogens with zero attached hydrogens (tertiary/aromatic N) is 2. The second kappa shape index (κ2) is 11.0. The van der Waals surface area contributed by atoms with Crippen LogP contribution in [0.5, 0.6) is 0 Å². The fourth-order valence-electron chi connectivity index (χ4n) is 1.91. The van der Waals surface area contributed by atoms with Crippen molar-refractivity contribution in [1.29, 1.82) is 0 Å². The van der Waals surface area contributed by atoms with Gasteiger partial charge in [0, 0.05) is 32.7 Å². The molecule has 0 bridgehead atoms. The first-order chi connectivity index (χ1) is 11.7. The molecular weight excluding hydrogens is 445 g/mol. The Labute approximate surface area is 172 Å². The summed E-state index contributed by atoms with van der Waals surface area (Å²) < 4.78 is 0. The van der Waals surface area contributed by atoms with Crippen LogP contribution < -0.4 is 16.4 Å². The van der Waals surface area contributed by atoms with Gasteiger partial charge in [-0.15, -0.1) is 24.0 Å². The van der Waals surface area contributed by atoms with Crippen molar-refractivity contribution in [3.05, 3.63) is 35.4 Å². The molecule has 2 amide bonds. The number of amides is 2. The second-order valence-electron chi connectivity index (χ2n) is 6.69. The summed E-state index contributed by atoms with van der Waals surface area (Å²) in [6, 6.07) is 7.36. The molecule has 146 valence electrons. The van der Waals surface area contributed by atoms with Crippen molar-refractivity contribution in [2.24, 2.45) is 16.1 Å². The SMILES string of the molecule is CCNC(=NCc1ccc(C(=O)N(C)C)cc1)NCC(C)(C)C(N)=O.I. The van der Waals surface area contributed by atoms with Crippen molar-refractivity contribution >= 4 is 41.8 Å². The van der Waals surface area contributed by atoms with Gasteiger partial charge in [0.15, 0.2) is 5.96 Å². The molecule has 0 aromatic heterocycles. The van der Waals surface area contributed by atoms with E-state index in [1.165, 1.54) is 0 Å². The van der Waals surface area contributed by atoms with Crippen molar-refractivity contribution in [2.75, 3.05) is 27.2 Å². The third-order valence-electron chi connectivity index (χ3n) is 3.74. The number of benzene rings is 1. The second-order valence-corrected chi connectivity index (χ2v) is 6.69. The van der Waals surface area contributed by atoms with Crippen LogP contribution in [0.4, 0.5) is 0 Å². The van der Waals surface area contributed by atoms with Crippen LogP contribution in [0.15, 0.2) is 29.3 Å². The Kier molecular flexibility index (Phi) is 10.2. The average Bonchev–Trinajstić information content (AvgIpc) is 2.57. The first-order valence-corrected chi connectivity index (χ1v) is 8.30. The molecule has 8 heteroatoms.